The molecule has 0 fully saturated rings. The first-order valence-corrected chi connectivity index (χ1v) is 7.55. The molecule has 2 rings (SSSR count). The van der Waals surface area contributed by atoms with Crippen molar-refractivity contribution in [2.75, 3.05) is 7.11 Å². The summed E-state index contributed by atoms with van der Waals surface area (Å²) in [5, 5.41) is 20.4. The summed E-state index contributed by atoms with van der Waals surface area (Å²) in [6, 6.07) is 5.66. The highest BCUT2D eigenvalue weighted by Gasteiger charge is 2.17. The van der Waals surface area contributed by atoms with E-state index in [4.69, 9.17) is 9.84 Å². The number of halogens is 2. The number of ether oxygens (including phenoxy) is 1. The lowest BCUT2D eigenvalue weighted by atomic mass is 10.2. The van der Waals surface area contributed by atoms with E-state index in [1.807, 2.05) is 18.2 Å². The van der Waals surface area contributed by atoms with Crippen LogP contribution in [0.15, 0.2) is 27.1 Å². The van der Waals surface area contributed by atoms with Gasteiger partial charge >= 0.3 is 5.97 Å². The molecule has 0 saturated heterocycles. The molecule has 0 aliphatic carbocycles. The lowest BCUT2D eigenvalue weighted by molar-refractivity contribution is -0.139. The molecular formula is C12H12Br2N4O3. The van der Waals surface area contributed by atoms with Crippen LogP contribution in [0, 0.1) is 0 Å². The fourth-order valence-electron chi connectivity index (χ4n) is 1.83. The fraction of sp³-hybridized carbons (Fsp3) is 0.333. The highest BCUT2D eigenvalue weighted by Crippen LogP contribution is 2.26. The van der Waals surface area contributed by atoms with Crippen LogP contribution in [0.1, 0.15) is 6.42 Å². The number of carboxylic acid groups (broad SMARTS) is 1. The highest BCUT2D eigenvalue weighted by molar-refractivity contribution is 9.11. The van der Waals surface area contributed by atoms with Crippen molar-refractivity contribution in [2.24, 2.45) is 0 Å². The molecule has 0 aliphatic heterocycles. The largest absolute Gasteiger partial charge is 0.481 e. The topological polar surface area (TPSA) is 90.1 Å². The van der Waals surface area contributed by atoms with Gasteiger partial charge in [-0.15, -0.1) is 5.10 Å². The van der Waals surface area contributed by atoms with Gasteiger partial charge in [-0.2, -0.15) is 0 Å². The molecule has 7 nitrogen and oxygen atoms in total. The van der Waals surface area contributed by atoms with Crippen LogP contribution < -0.4 is 0 Å². The van der Waals surface area contributed by atoms with Crippen molar-refractivity contribution in [3.63, 3.8) is 0 Å². The normalized spacial score (nSPS) is 12.3. The van der Waals surface area contributed by atoms with Crippen LogP contribution in [0.25, 0.3) is 11.4 Å². The van der Waals surface area contributed by atoms with E-state index in [9.17, 15) is 4.79 Å². The second-order valence-corrected chi connectivity index (χ2v) is 6.13. The maximum atomic E-state index is 10.8. The third-order valence-corrected chi connectivity index (χ3v) is 3.68. The first-order chi connectivity index (χ1) is 9.99. The van der Waals surface area contributed by atoms with Gasteiger partial charge in [0.05, 0.1) is 19.1 Å². The molecular weight excluding hydrogens is 408 g/mol. The number of nitrogens with zero attached hydrogens (tertiary/aromatic N) is 4. The molecule has 0 saturated carbocycles. The second-order valence-electron chi connectivity index (χ2n) is 4.30. The molecule has 1 aromatic heterocycles. The number of benzene rings is 1. The van der Waals surface area contributed by atoms with E-state index >= 15 is 0 Å². The second kappa shape index (κ2) is 7.10. The van der Waals surface area contributed by atoms with Crippen molar-refractivity contribution in [1.82, 2.24) is 20.2 Å². The maximum absolute atomic E-state index is 10.8. The van der Waals surface area contributed by atoms with Crippen molar-refractivity contribution in [3.8, 4) is 11.4 Å². The zero-order valence-electron chi connectivity index (χ0n) is 11.0. The highest BCUT2D eigenvalue weighted by atomic mass is 79.9. The molecule has 1 aromatic carbocycles. The van der Waals surface area contributed by atoms with Crippen LogP contribution in [0.2, 0.25) is 0 Å². The van der Waals surface area contributed by atoms with E-state index in [1.54, 1.807) is 0 Å². The van der Waals surface area contributed by atoms with Gasteiger partial charge in [-0.3, -0.25) is 4.79 Å². The van der Waals surface area contributed by atoms with Gasteiger partial charge < -0.3 is 9.84 Å². The summed E-state index contributed by atoms with van der Waals surface area (Å²) in [6.07, 6.45) is -0.613. The Morgan fingerprint density at radius 3 is 2.62 bits per heavy atom. The van der Waals surface area contributed by atoms with Gasteiger partial charge in [0.2, 0.25) is 0 Å². The quantitative estimate of drug-likeness (QED) is 0.772. The van der Waals surface area contributed by atoms with Gasteiger partial charge in [-0.05, 0) is 28.6 Å². The van der Waals surface area contributed by atoms with E-state index < -0.39 is 12.1 Å². The van der Waals surface area contributed by atoms with E-state index in [-0.39, 0.29) is 13.0 Å². The van der Waals surface area contributed by atoms with Crippen molar-refractivity contribution in [2.45, 2.75) is 19.1 Å². The van der Waals surface area contributed by atoms with Crippen LogP contribution >= 0.6 is 31.9 Å². The summed E-state index contributed by atoms with van der Waals surface area (Å²) in [5.41, 5.74) is 0.812. The molecule has 112 valence electrons. The lowest BCUT2D eigenvalue weighted by Gasteiger charge is -2.13. The Morgan fingerprint density at radius 2 is 2.05 bits per heavy atom. The third-order valence-electron chi connectivity index (χ3n) is 2.76. The van der Waals surface area contributed by atoms with Crippen LogP contribution in [0.4, 0.5) is 0 Å². The first-order valence-electron chi connectivity index (χ1n) is 5.97. The Kier molecular flexibility index (Phi) is 5.43. The molecule has 1 atom stereocenters. The minimum Gasteiger partial charge on any atom is -0.481 e. The molecule has 1 N–H and O–H groups in total. The number of aliphatic carboxylic acids is 1. The van der Waals surface area contributed by atoms with Crippen LogP contribution in [0.3, 0.4) is 0 Å². The van der Waals surface area contributed by atoms with Crippen LogP contribution in [0.5, 0.6) is 0 Å². The van der Waals surface area contributed by atoms with E-state index in [1.165, 1.54) is 11.8 Å². The zero-order chi connectivity index (χ0) is 15.4. The van der Waals surface area contributed by atoms with Gasteiger partial charge in [0, 0.05) is 21.6 Å². The molecule has 1 heterocycles. The predicted octanol–water partition coefficient (Wildman–Crippen LogP) is 2.35. The van der Waals surface area contributed by atoms with E-state index in [2.05, 4.69) is 47.4 Å². The molecule has 0 bridgehead atoms. The molecule has 21 heavy (non-hydrogen) atoms. The Bertz CT molecular complexity index is 627. The molecule has 9 heteroatoms. The summed E-state index contributed by atoms with van der Waals surface area (Å²) in [7, 11) is 1.47. The molecule has 0 amide bonds. The van der Waals surface area contributed by atoms with Gasteiger partial charge in [-0.25, -0.2) is 4.68 Å². The number of carbonyl (C=O) groups is 1. The summed E-state index contributed by atoms with van der Waals surface area (Å²) in [5.74, 6) is -0.383. The minimum absolute atomic E-state index is 0.113. The minimum atomic E-state index is -0.929. The number of rotatable bonds is 6. The number of hydrogen-bond donors (Lipinski definition) is 1. The Hall–Kier alpha value is -1.32. The SMILES string of the molecule is COC(CC(=O)O)Cn1nnnc1-c1cc(Br)cc(Br)c1. The van der Waals surface area contributed by atoms with Gasteiger partial charge in [0.1, 0.15) is 0 Å². The molecule has 2 aromatic rings. The van der Waals surface area contributed by atoms with E-state index in [0.29, 0.717) is 5.82 Å². The Morgan fingerprint density at radius 1 is 1.38 bits per heavy atom. The van der Waals surface area contributed by atoms with Crippen molar-refractivity contribution < 1.29 is 14.6 Å². The number of tetrazole rings is 1. The summed E-state index contributed by atoms with van der Waals surface area (Å²) >= 11 is 6.82. The smallest absolute Gasteiger partial charge is 0.306 e. The fourth-order valence-corrected chi connectivity index (χ4v) is 3.12. The van der Waals surface area contributed by atoms with Crippen LogP contribution in [-0.4, -0.2) is 44.5 Å². The first kappa shape index (κ1) is 16.1. The standard InChI is InChI=1S/C12H12Br2N4O3/c1-21-10(5-11(19)20)6-18-12(15-16-17-18)7-2-8(13)4-9(14)3-7/h2-4,10H,5-6H2,1H3,(H,19,20). The van der Waals surface area contributed by atoms with Gasteiger partial charge in [0.15, 0.2) is 5.82 Å². The van der Waals surface area contributed by atoms with Crippen molar-refractivity contribution in [1.29, 1.82) is 0 Å². The number of aromatic nitrogens is 4. The Labute approximate surface area is 137 Å². The van der Waals surface area contributed by atoms with E-state index in [0.717, 1.165) is 14.5 Å². The summed E-state index contributed by atoms with van der Waals surface area (Å²) < 4.78 is 8.46. The van der Waals surface area contributed by atoms with Gasteiger partial charge in [0.25, 0.3) is 0 Å². The van der Waals surface area contributed by atoms with Crippen molar-refractivity contribution in [3.05, 3.63) is 27.1 Å². The third kappa shape index (κ3) is 4.32. The van der Waals surface area contributed by atoms with Gasteiger partial charge in [-0.1, -0.05) is 31.9 Å². The zero-order valence-corrected chi connectivity index (χ0v) is 14.2. The van der Waals surface area contributed by atoms with Crippen molar-refractivity contribution >= 4 is 37.8 Å². The average Bonchev–Trinajstić information content (AvgIpc) is 2.84. The Balaban J connectivity index is 2.27. The molecule has 0 aliphatic rings. The molecule has 0 spiro atoms. The maximum Gasteiger partial charge on any atom is 0.306 e. The average molecular weight is 420 g/mol. The monoisotopic (exact) mass is 418 g/mol. The number of hydrogen-bond acceptors (Lipinski definition) is 5. The molecule has 1 unspecified atom stereocenters. The summed E-state index contributed by atoms with van der Waals surface area (Å²) in [4.78, 5) is 10.8. The summed E-state index contributed by atoms with van der Waals surface area (Å²) in [6.45, 7) is 0.259. The molecule has 0 radical (unpaired) electrons. The lowest BCUT2D eigenvalue weighted by Crippen LogP contribution is -2.23. The van der Waals surface area contributed by atoms with Crippen LogP contribution in [-0.2, 0) is 16.1 Å². The predicted molar refractivity (Wildman–Crippen MR) is 81.7 cm³/mol. The number of carboxylic acids is 1. The number of methoxy groups -OCH3 is 1.